The minimum absolute atomic E-state index is 0.0307. The second kappa shape index (κ2) is 4.50. The SMILES string of the molecule is CCOP(C)(=O)C(C#N)=C1OCCO1. The van der Waals surface area contributed by atoms with Crippen LogP contribution in [0.15, 0.2) is 11.3 Å². The van der Waals surface area contributed by atoms with Crippen LogP contribution in [-0.2, 0) is 18.6 Å². The average Bonchev–Trinajstić information content (AvgIpc) is 2.57. The first-order valence-electron chi connectivity index (χ1n) is 4.24. The van der Waals surface area contributed by atoms with E-state index in [4.69, 9.17) is 19.3 Å². The van der Waals surface area contributed by atoms with E-state index in [0.29, 0.717) is 13.2 Å². The molecule has 1 fully saturated rings. The topological polar surface area (TPSA) is 68.6 Å². The smallest absolute Gasteiger partial charge is 0.304 e. The second-order valence-electron chi connectivity index (χ2n) is 2.71. The molecule has 78 valence electrons. The summed E-state index contributed by atoms with van der Waals surface area (Å²) in [5.74, 6) is 0.0479. The third-order valence-electron chi connectivity index (χ3n) is 1.63. The maximum Gasteiger partial charge on any atom is 0.304 e. The van der Waals surface area contributed by atoms with E-state index in [0.717, 1.165) is 0 Å². The molecule has 0 spiro atoms. The molecular formula is C8H12NO4P. The van der Waals surface area contributed by atoms with E-state index in [9.17, 15) is 4.57 Å². The fourth-order valence-electron chi connectivity index (χ4n) is 1.06. The molecule has 0 amide bonds. The molecule has 0 aromatic carbocycles. The van der Waals surface area contributed by atoms with Gasteiger partial charge in [-0.05, 0) is 6.92 Å². The lowest BCUT2D eigenvalue weighted by atomic mass is 10.6. The standard InChI is InChI=1S/C8H12NO4P/c1-3-13-14(2,10)7(6-9)8-11-4-5-12-8/h3-5H2,1-2H3. The molecule has 0 N–H and O–H groups in total. The first-order chi connectivity index (χ1) is 6.61. The third-order valence-corrected chi connectivity index (χ3v) is 3.48. The Hall–Kier alpha value is -0.980. The van der Waals surface area contributed by atoms with Crippen LogP contribution < -0.4 is 0 Å². The lowest BCUT2D eigenvalue weighted by Gasteiger charge is -2.11. The molecule has 1 aliphatic heterocycles. The molecule has 1 atom stereocenters. The monoisotopic (exact) mass is 217 g/mol. The quantitative estimate of drug-likeness (QED) is 0.531. The minimum Gasteiger partial charge on any atom is -0.461 e. The van der Waals surface area contributed by atoms with Crippen LogP contribution in [0.1, 0.15) is 6.92 Å². The van der Waals surface area contributed by atoms with Crippen molar-refractivity contribution in [2.24, 2.45) is 0 Å². The van der Waals surface area contributed by atoms with Crippen LogP contribution in [0, 0.1) is 11.3 Å². The number of allylic oxidation sites excluding steroid dienone is 1. The number of rotatable bonds is 3. The predicted octanol–water partition coefficient (Wildman–Crippen LogP) is 1.67. The van der Waals surface area contributed by atoms with Gasteiger partial charge in [0, 0.05) is 6.66 Å². The molecule has 1 saturated heterocycles. The van der Waals surface area contributed by atoms with Crippen LogP contribution in [0.3, 0.4) is 0 Å². The Balaban J connectivity index is 2.97. The zero-order valence-corrected chi connectivity index (χ0v) is 9.04. The lowest BCUT2D eigenvalue weighted by molar-refractivity contribution is 0.173. The fourth-order valence-corrected chi connectivity index (χ4v) is 2.32. The highest BCUT2D eigenvalue weighted by Crippen LogP contribution is 2.52. The highest BCUT2D eigenvalue weighted by atomic mass is 31.2. The zero-order valence-electron chi connectivity index (χ0n) is 8.15. The molecule has 0 aromatic heterocycles. The number of nitrogens with zero attached hydrogens (tertiary/aromatic N) is 1. The molecule has 0 saturated carbocycles. The van der Waals surface area contributed by atoms with Crippen molar-refractivity contribution in [3.05, 3.63) is 11.3 Å². The molecular weight excluding hydrogens is 205 g/mol. The average molecular weight is 217 g/mol. The maximum atomic E-state index is 11.9. The van der Waals surface area contributed by atoms with Gasteiger partial charge in [0.2, 0.25) is 7.37 Å². The molecule has 0 bridgehead atoms. The molecule has 1 rings (SSSR count). The highest BCUT2D eigenvalue weighted by molar-refractivity contribution is 7.63. The first-order valence-corrected chi connectivity index (χ1v) is 6.31. The van der Waals surface area contributed by atoms with Crippen molar-refractivity contribution < 1.29 is 18.6 Å². The fraction of sp³-hybridized carbons (Fsp3) is 0.625. The Kier molecular flexibility index (Phi) is 3.56. The highest BCUT2D eigenvalue weighted by Gasteiger charge is 2.30. The molecule has 0 aromatic rings. The van der Waals surface area contributed by atoms with Crippen molar-refractivity contribution in [2.45, 2.75) is 6.92 Å². The summed E-state index contributed by atoms with van der Waals surface area (Å²) in [6.45, 7) is 4.14. The van der Waals surface area contributed by atoms with Gasteiger partial charge >= 0.3 is 5.95 Å². The molecule has 5 nitrogen and oxygen atoms in total. The van der Waals surface area contributed by atoms with Crippen molar-refractivity contribution in [1.82, 2.24) is 0 Å². The van der Waals surface area contributed by atoms with Crippen molar-refractivity contribution in [1.29, 1.82) is 5.26 Å². The largest absolute Gasteiger partial charge is 0.461 e. The van der Waals surface area contributed by atoms with Crippen molar-refractivity contribution >= 4 is 7.37 Å². The molecule has 1 unspecified atom stereocenters. The van der Waals surface area contributed by atoms with Gasteiger partial charge in [0.05, 0.1) is 6.61 Å². The molecule has 6 heteroatoms. The number of nitriles is 1. The Labute approximate surface area is 82.7 Å². The van der Waals surface area contributed by atoms with Gasteiger partial charge in [0.25, 0.3) is 0 Å². The van der Waals surface area contributed by atoms with Gasteiger partial charge in [-0.2, -0.15) is 5.26 Å². The van der Waals surface area contributed by atoms with Crippen LogP contribution in [-0.4, -0.2) is 26.5 Å². The molecule has 1 aliphatic rings. The summed E-state index contributed by atoms with van der Waals surface area (Å²) in [7, 11) is -3.08. The molecule has 1 heterocycles. The van der Waals surface area contributed by atoms with E-state index < -0.39 is 7.37 Å². The van der Waals surface area contributed by atoms with Gasteiger partial charge in [0.1, 0.15) is 19.3 Å². The Morgan fingerprint density at radius 2 is 2.21 bits per heavy atom. The predicted molar refractivity (Wildman–Crippen MR) is 49.7 cm³/mol. The van der Waals surface area contributed by atoms with Crippen molar-refractivity contribution in [2.75, 3.05) is 26.5 Å². The summed E-state index contributed by atoms with van der Waals surface area (Å²) in [4.78, 5) is 0. The van der Waals surface area contributed by atoms with Gasteiger partial charge in [0.15, 0.2) is 5.31 Å². The summed E-state index contributed by atoms with van der Waals surface area (Å²) in [5, 5.41) is 8.80. The summed E-state index contributed by atoms with van der Waals surface area (Å²) in [6, 6.07) is 1.81. The van der Waals surface area contributed by atoms with Gasteiger partial charge in [-0.25, -0.2) is 0 Å². The third kappa shape index (κ3) is 2.28. The van der Waals surface area contributed by atoms with Gasteiger partial charge in [-0.15, -0.1) is 0 Å². The molecule has 0 aliphatic carbocycles. The van der Waals surface area contributed by atoms with E-state index in [-0.39, 0.29) is 17.9 Å². The van der Waals surface area contributed by atoms with E-state index in [2.05, 4.69) is 0 Å². The van der Waals surface area contributed by atoms with Crippen LogP contribution in [0.2, 0.25) is 0 Å². The van der Waals surface area contributed by atoms with Crippen LogP contribution >= 0.6 is 7.37 Å². The normalized spacial score (nSPS) is 19.1. The van der Waals surface area contributed by atoms with E-state index in [1.54, 1.807) is 6.92 Å². The first kappa shape index (κ1) is 11.1. The van der Waals surface area contributed by atoms with Gasteiger partial charge in [-0.1, -0.05) is 0 Å². The summed E-state index contributed by atoms with van der Waals surface area (Å²) < 4.78 is 26.9. The van der Waals surface area contributed by atoms with Crippen LogP contribution in [0.4, 0.5) is 0 Å². The lowest BCUT2D eigenvalue weighted by Crippen LogP contribution is -1.96. The summed E-state index contributed by atoms with van der Waals surface area (Å²) in [6.07, 6.45) is 0. The van der Waals surface area contributed by atoms with Crippen LogP contribution in [0.5, 0.6) is 0 Å². The number of ether oxygens (including phenoxy) is 2. The summed E-state index contributed by atoms with van der Waals surface area (Å²) in [5.41, 5.74) is 0. The Bertz CT molecular complexity index is 323. The van der Waals surface area contributed by atoms with Gasteiger partial charge in [-0.3, -0.25) is 4.57 Å². The zero-order chi connectivity index (χ0) is 10.6. The van der Waals surface area contributed by atoms with E-state index in [1.165, 1.54) is 6.66 Å². The van der Waals surface area contributed by atoms with Crippen molar-refractivity contribution in [3.63, 3.8) is 0 Å². The number of hydrogen-bond donors (Lipinski definition) is 0. The second-order valence-corrected chi connectivity index (χ2v) is 5.11. The molecule has 14 heavy (non-hydrogen) atoms. The van der Waals surface area contributed by atoms with Gasteiger partial charge < -0.3 is 14.0 Å². The Morgan fingerprint density at radius 1 is 1.64 bits per heavy atom. The minimum atomic E-state index is -3.08. The maximum absolute atomic E-state index is 11.9. The Morgan fingerprint density at radius 3 is 2.64 bits per heavy atom. The van der Waals surface area contributed by atoms with Crippen molar-refractivity contribution in [3.8, 4) is 6.07 Å². The van der Waals surface area contributed by atoms with E-state index >= 15 is 0 Å². The number of hydrogen-bond acceptors (Lipinski definition) is 5. The van der Waals surface area contributed by atoms with Crippen LogP contribution in [0.25, 0.3) is 0 Å². The molecule has 0 radical (unpaired) electrons. The summed E-state index contributed by atoms with van der Waals surface area (Å²) >= 11 is 0. The van der Waals surface area contributed by atoms with E-state index in [1.807, 2.05) is 6.07 Å².